The number of hydrogen-bond donors (Lipinski definition) is 1. The molecule has 1 aromatic rings. The molecule has 0 saturated carbocycles. The van der Waals surface area contributed by atoms with Gasteiger partial charge in [-0.1, -0.05) is 35.4 Å². The topological polar surface area (TPSA) is 106 Å². The number of fused-ring (bicyclic) bond motifs is 1. The minimum atomic E-state index is -0.954. The van der Waals surface area contributed by atoms with Crippen molar-refractivity contribution in [3.8, 4) is 0 Å². The molecule has 2 fully saturated rings. The van der Waals surface area contributed by atoms with Crippen LogP contribution in [0.4, 0.5) is 0 Å². The Balaban J connectivity index is 1.58. The number of benzene rings is 1. The molecule has 0 aliphatic carbocycles. The molecule has 0 bridgehead atoms. The summed E-state index contributed by atoms with van der Waals surface area (Å²) in [6.07, 6.45) is -2.89. The van der Waals surface area contributed by atoms with Gasteiger partial charge in [-0.05, 0) is 24.9 Å². The molecule has 2 heterocycles. The van der Waals surface area contributed by atoms with Gasteiger partial charge in [0.25, 0.3) is 0 Å². The van der Waals surface area contributed by atoms with Crippen LogP contribution in [0.2, 0.25) is 0 Å². The van der Waals surface area contributed by atoms with E-state index < -0.39 is 36.4 Å². The molecule has 8 heteroatoms. The molecule has 2 aliphatic rings. The second-order valence-electron chi connectivity index (χ2n) is 6.33. The van der Waals surface area contributed by atoms with E-state index in [0.717, 1.165) is 5.56 Å². The third kappa shape index (κ3) is 3.70. The second-order valence-corrected chi connectivity index (χ2v) is 6.33. The first-order valence-corrected chi connectivity index (χ1v) is 7.85. The van der Waals surface area contributed by atoms with Gasteiger partial charge >= 0.3 is 0 Å². The SMILES string of the molecule is CC1(C)O[C@H]2O[C@@H]([C@H](O)COCc3ccccc3)[C@H](N=[N+]=[N-])[C@H]2O1. The van der Waals surface area contributed by atoms with E-state index in [1.807, 2.05) is 30.3 Å². The molecule has 0 unspecified atom stereocenters. The molecule has 0 spiro atoms. The summed E-state index contributed by atoms with van der Waals surface area (Å²) < 4.78 is 22.6. The smallest absolute Gasteiger partial charge is 0.188 e. The van der Waals surface area contributed by atoms with Gasteiger partial charge in [-0.3, -0.25) is 0 Å². The van der Waals surface area contributed by atoms with Gasteiger partial charge in [-0.25, -0.2) is 0 Å². The summed E-state index contributed by atoms with van der Waals surface area (Å²) in [5.41, 5.74) is 9.80. The minimum Gasteiger partial charge on any atom is -0.388 e. The minimum absolute atomic E-state index is 0.0554. The average molecular weight is 335 g/mol. The Labute approximate surface area is 139 Å². The summed E-state index contributed by atoms with van der Waals surface area (Å²) in [6, 6.07) is 8.98. The van der Waals surface area contributed by atoms with Crippen LogP contribution in [0.1, 0.15) is 19.4 Å². The summed E-state index contributed by atoms with van der Waals surface area (Å²) in [7, 11) is 0. The predicted molar refractivity (Wildman–Crippen MR) is 83.7 cm³/mol. The van der Waals surface area contributed by atoms with E-state index in [2.05, 4.69) is 10.0 Å². The van der Waals surface area contributed by atoms with E-state index in [-0.39, 0.29) is 6.61 Å². The van der Waals surface area contributed by atoms with Crippen molar-refractivity contribution in [2.75, 3.05) is 6.61 Å². The molecule has 2 aliphatic heterocycles. The van der Waals surface area contributed by atoms with Crippen LogP contribution in [0.25, 0.3) is 10.4 Å². The van der Waals surface area contributed by atoms with Crippen molar-refractivity contribution in [2.45, 2.75) is 56.9 Å². The largest absolute Gasteiger partial charge is 0.388 e. The summed E-state index contributed by atoms with van der Waals surface area (Å²) in [4.78, 5) is 2.84. The van der Waals surface area contributed by atoms with Gasteiger partial charge < -0.3 is 24.1 Å². The molecular formula is C16H21N3O5. The van der Waals surface area contributed by atoms with Crippen LogP contribution in [0, 0.1) is 0 Å². The van der Waals surface area contributed by atoms with Crippen LogP contribution in [0.5, 0.6) is 0 Å². The number of hydrogen-bond acceptors (Lipinski definition) is 6. The summed E-state index contributed by atoms with van der Waals surface area (Å²) in [5.74, 6) is -0.807. The lowest BCUT2D eigenvalue weighted by molar-refractivity contribution is -0.218. The lowest BCUT2D eigenvalue weighted by Crippen LogP contribution is -2.41. The zero-order chi connectivity index (χ0) is 17.2. The highest BCUT2D eigenvalue weighted by atomic mass is 16.8. The zero-order valence-electron chi connectivity index (χ0n) is 13.6. The van der Waals surface area contributed by atoms with Crippen molar-refractivity contribution in [3.05, 3.63) is 46.3 Å². The average Bonchev–Trinajstić information content (AvgIpc) is 3.02. The number of azide groups is 1. The molecule has 8 nitrogen and oxygen atoms in total. The van der Waals surface area contributed by atoms with Gasteiger partial charge in [0.1, 0.15) is 18.3 Å². The Kier molecular flexibility index (Phi) is 5.05. The zero-order valence-corrected chi connectivity index (χ0v) is 13.6. The highest BCUT2D eigenvalue weighted by molar-refractivity contribution is 5.13. The molecule has 130 valence electrons. The molecule has 0 radical (unpaired) electrons. The molecule has 0 amide bonds. The molecule has 1 N–H and O–H groups in total. The third-order valence-corrected chi connectivity index (χ3v) is 4.02. The number of aliphatic hydroxyl groups is 1. The van der Waals surface area contributed by atoms with E-state index in [1.165, 1.54) is 0 Å². The first-order valence-electron chi connectivity index (χ1n) is 7.85. The number of ether oxygens (including phenoxy) is 4. The highest BCUT2D eigenvalue weighted by Crippen LogP contribution is 2.39. The van der Waals surface area contributed by atoms with Gasteiger partial charge in [0, 0.05) is 4.91 Å². The first-order chi connectivity index (χ1) is 11.5. The lowest BCUT2D eigenvalue weighted by atomic mass is 10.0. The maximum atomic E-state index is 10.4. The van der Waals surface area contributed by atoms with Crippen LogP contribution in [0.3, 0.4) is 0 Å². The van der Waals surface area contributed by atoms with Gasteiger partial charge in [0.05, 0.1) is 19.3 Å². The fourth-order valence-electron chi connectivity index (χ4n) is 2.99. The van der Waals surface area contributed by atoms with E-state index in [4.69, 9.17) is 24.5 Å². The van der Waals surface area contributed by atoms with Crippen LogP contribution in [0.15, 0.2) is 35.4 Å². The summed E-state index contributed by atoms with van der Waals surface area (Å²) >= 11 is 0. The van der Waals surface area contributed by atoms with Crippen molar-refractivity contribution in [2.24, 2.45) is 5.11 Å². The molecule has 24 heavy (non-hydrogen) atoms. The fourth-order valence-corrected chi connectivity index (χ4v) is 2.99. The Hall–Kier alpha value is -1.67. The Morgan fingerprint density at radius 2 is 2.08 bits per heavy atom. The number of nitrogens with zero attached hydrogens (tertiary/aromatic N) is 3. The third-order valence-electron chi connectivity index (χ3n) is 4.02. The number of rotatable bonds is 6. The van der Waals surface area contributed by atoms with Crippen LogP contribution in [-0.4, -0.2) is 48.1 Å². The van der Waals surface area contributed by atoms with E-state index in [1.54, 1.807) is 13.8 Å². The molecular weight excluding hydrogens is 314 g/mol. The van der Waals surface area contributed by atoms with Crippen LogP contribution >= 0.6 is 0 Å². The number of aliphatic hydroxyl groups excluding tert-OH is 1. The molecule has 5 atom stereocenters. The second kappa shape index (κ2) is 7.06. The van der Waals surface area contributed by atoms with E-state index in [9.17, 15) is 5.11 Å². The predicted octanol–water partition coefficient (Wildman–Crippen LogP) is 2.12. The normalized spacial score (nSPS) is 32.1. The fraction of sp³-hybridized carbons (Fsp3) is 0.625. The van der Waals surface area contributed by atoms with Crippen molar-refractivity contribution in [1.82, 2.24) is 0 Å². The van der Waals surface area contributed by atoms with E-state index in [0.29, 0.717) is 6.61 Å². The van der Waals surface area contributed by atoms with Crippen molar-refractivity contribution in [1.29, 1.82) is 0 Å². The molecule has 2 saturated heterocycles. The molecule has 1 aromatic carbocycles. The molecule has 3 rings (SSSR count). The maximum absolute atomic E-state index is 10.4. The highest BCUT2D eigenvalue weighted by Gasteiger charge is 2.56. The Morgan fingerprint density at radius 1 is 1.33 bits per heavy atom. The molecule has 0 aromatic heterocycles. The Bertz CT molecular complexity index is 605. The summed E-state index contributed by atoms with van der Waals surface area (Å²) in [6.45, 7) is 3.95. The van der Waals surface area contributed by atoms with Crippen molar-refractivity contribution < 1.29 is 24.1 Å². The van der Waals surface area contributed by atoms with Crippen molar-refractivity contribution in [3.63, 3.8) is 0 Å². The van der Waals surface area contributed by atoms with Crippen LogP contribution in [-0.2, 0) is 25.6 Å². The van der Waals surface area contributed by atoms with Gasteiger partial charge in [-0.15, -0.1) is 0 Å². The van der Waals surface area contributed by atoms with Crippen LogP contribution < -0.4 is 0 Å². The monoisotopic (exact) mass is 335 g/mol. The Morgan fingerprint density at radius 3 is 2.79 bits per heavy atom. The first kappa shape index (κ1) is 17.2. The standard InChI is InChI=1S/C16H21N3O5/c1-16(2)23-14-12(18-19-17)13(22-15(14)24-16)11(20)9-21-8-10-6-4-3-5-7-10/h3-7,11-15,20H,8-9H2,1-2H3/t11-,12+,13+,14-,15-/m1/s1. The van der Waals surface area contributed by atoms with E-state index >= 15 is 0 Å². The lowest BCUT2D eigenvalue weighted by Gasteiger charge is -2.26. The van der Waals surface area contributed by atoms with Gasteiger partial charge in [0.15, 0.2) is 12.1 Å². The van der Waals surface area contributed by atoms with Gasteiger partial charge in [-0.2, -0.15) is 0 Å². The maximum Gasteiger partial charge on any atom is 0.188 e. The summed E-state index contributed by atoms with van der Waals surface area (Å²) in [5, 5.41) is 14.1. The van der Waals surface area contributed by atoms with Crippen molar-refractivity contribution >= 4 is 0 Å². The van der Waals surface area contributed by atoms with Gasteiger partial charge in [0.2, 0.25) is 0 Å². The quantitative estimate of drug-likeness (QED) is 0.487.